The average Bonchev–Trinajstić information content (AvgIpc) is 2.57. The predicted octanol–water partition coefficient (Wildman–Crippen LogP) is 0.548. The fraction of sp³-hybridized carbons (Fsp3) is 0.900. The number of alkyl carbamates (subject to hydrolysis) is 1. The highest BCUT2D eigenvalue weighted by molar-refractivity contribution is 7.89. The van der Waals surface area contributed by atoms with Gasteiger partial charge >= 0.3 is 6.09 Å². The quantitative estimate of drug-likeness (QED) is 0.804. The van der Waals surface area contributed by atoms with E-state index in [2.05, 4.69) is 10.1 Å². The molecule has 0 spiro atoms. The number of nitrogens with zero attached hydrogens (tertiary/aromatic N) is 1. The van der Waals surface area contributed by atoms with Crippen molar-refractivity contribution < 1.29 is 17.9 Å². The number of ether oxygens (including phenoxy) is 1. The molecule has 0 aromatic rings. The van der Waals surface area contributed by atoms with Gasteiger partial charge in [-0.3, -0.25) is 0 Å². The van der Waals surface area contributed by atoms with E-state index in [0.717, 1.165) is 25.7 Å². The van der Waals surface area contributed by atoms with Crippen molar-refractivity contribution in [2.45, 2.75) is 25.7 Å². The van der Waals surface area contributed by atoms with Crippen LogP contribution in [0.2, 0.25) is 0 Å². The van der Waals surface area contributed by atoms with E-state index in [1.54, 1.807) is 0 Å². The lowest BCUT2D eigenvalue weighted by Gasteiger charge is -2.19. The van der Waals surface area contributed by atoms with Gasteiger partial charge in [0.1, 0.15) is 0 Å². The van der Waals surface area contributed by atoms with Crippen molar-refractivity contribution in [3.05, 3.63) is 0 Å². The lowest BCUT2D eigenvalue weighted by Crippen LogP contribution is -2.38. The molecule has 100 valence electrons. The fourth-order valence-corrected chi connectivity index (χ4v) is 3.24. The first-order valence-electron chi connectivity index (χ1n) is 5.86. The molecule has 17 heavy (non-hydrogen) atoms. The van der Waals surface area contributed by atoms with E-state index in [4.69, 9.17) is 0 Å². The highest BCUT2D eigenvalue weighted by Crippen LogP contribution is 2.13. The van der Waals surface area contributed by atoms with Gasteiger partial charge in [0.15, 0.2) is 0 Å². The van der Waals surface area contributed by atoms with E-state index in [9.17, 15) is 13.2 Å². The Bertz CT molecular complexity index is 334. The molecule has 1 rings (SSSR count). The monoisotopic (exact) mass is 264 g/mol. The van der Waals surface area contributed by atoms with Gasteiger partial charge in [-0.1, -0.05) is 12.8 Å². The second-order valence-corrected chi connectivity index (χ2v) is 6.14. The molecule has 6 nitrogen and oxygen atoms in total. The molecular formula is C10H20N2O4S. The highest BCUT2D eigenvalue weighted by Gasteiger charge is 2.22. The summed E-state index contributed by atoms with van der Waals surface area (Å²) in [6, 6.07) is 0. The van der Waals surface area contributed by atoms with E-state index in [1.807, 2.05) is 0 Å². The van der Waals surface area contributed by atoms with Gasteiger partial charge in [0.25, 0.3) is 0 Å². The molecule has 0 bridgehead atoms. The number of amides is 1. The van der Waals surface area contributed by atoms with Crippen molar-refractivity contribution in [3.63, 3.8) is 0 Å². The summed E-state index contributed by atoms with van der Waals surface area (Å²) in [5, 5.41) is 2.38. The second kappa shape index (κ2) is 6.80. The second-order valence-electron chi connectivity index (χ2n) is 4.05. The molecule has 0 aliphatic carbocycles. The van der Waals surface area contributed by atoms with Gasteiger partial charge in [0.05, 0.1) is 12.9 Å². The van der Waals surface area contributed by atoms with Crippen LogP contribution in [0.1, 0.15) is 25.7 Å². The maximum absolute atomic E-state index is 11.9. The van der Waals surface area contributed by atoms with Crippen molar-refractivity contribution >= 4 is 16.1 Å². The topological polar surface area (TPSA) is 75.7 Å². The first kappa shape index (κ1) is 14.2. The van der Waals surface area contributed by atoms with Crippen LogP contribution in [0.25, 0.3) is 0 Å². The van der Waals surface area contributed by atoms with Gasteiger partial charge in [-0.15, -0.1) is 0 Å². The normalized spacial score (nSPS) is 18.4. The van der Waals surface area contributed by atoms with Crippen LogP contribution in [0.4, 0.5) is 4.79 Å². The van der Waals surface area contributed by atoms with E-state index < -0.39 is 16.1 Å². The largest absolute Gasteiger partial charge is 0.453 e. The molecule has 7 heteroatoms. The fourth-order valence-electron chi connectivity index (χ4n) is 1.80. The highest BCUT2D eigenvalue weighted by atomic mass is 32.2. The minimum absolute atomic E-state index is 0.0674. The van der Waals surface area contributed by atoms with Crippen LogP contribution in [0.5, 0.6) is 0 Å². The van der Waals surface area contributed by atoms with Crippen LogP contribution < -0.4 is 5.32 Å². The summed E-state index contributed by atoms with van der Waals surface area (Å²) in [6.07, 6.45) is 3.42. The number of hydrogen-bond donors (Lipinski definition) is 1. The van der Waals surface area contributed by atoms with E-state index >= 15 is 0 Å². The van der Waals surface area contributed by atoms with Crippen molar-refractivity contribution in [1.29, 1.82) is 0 Å². The van der Waals surface area contributed by atoms with Crippen molar-refractivity contribution in [3.8, 4) is 0 Å². The minimum atomic E-state index is -3.25. The first-order chi connectivity index (χ1) is 8.06. The third kappa shape index (κ3) is 4.91. The Kier molecular flexibility index (Phi) is 5.70. The smallest absolute Gasteiger partial charge is 0.406 e. The molecular weight excluding hydrogens is 244 g/mol. The summed E-state index contributed by atoms with van der Waals surface area (Å²) in [6.45, 7) is 1.28. The van der Waals surface area contributed by atoms with Crippen LogP contribution in [-0.4, -0.2) is 51.3 Å². The molecule has 1 heterocycles. The molecule has 0 radical (unpaired) electrons. The number of sulfonamides is 1. The van der Waals surface area contributed by atoms with E-state index in [1.165, 1.54) is 11.4 Å². The van der Waals surface area contributed by atoms with E-state index in [-0.39, 0.29) is 12.3 Å². The number of methoxy groups -OCH3 is 1. The van der Waals surface area contributed by atoms with Gasteiger partial charge in [-0.05, 0) is 12.8 Å². The molecule has 1 saturated heterocycles. The summed E-state index contributed by atoms with van der Waals surface area (Å²) in [4.78, 5) is 10.8. The van der Waals surface area contributed by atoms with Crippen LogP contribution in [0.3, 0.4) is 0 Å². The first-order valence-corrected chi connectivity index (χ1v) is 7.47. The van der Waals surface area contributed by atoms with E-state index in [0.29, 0.717) is 13.1 Å². The Labute approximate surface area is 102 Å². The molecule has 0 unspecified atom stereocenters. The number of rotatable bonds is 4. The van der Waals surface area contributed by atoms with Crippen LogP contribution in [0, 0.1) is 0 Å². The zero-order chi connectivity index (χ0) is 12.7. The number of carbonyl (C=O) groups excluding carboxylic acids is 1. The zero-order valence-corrected chi connectivity index (χ0v) is 11.0. The lowest BCUT2D eigenvalue weighted by molar-refractivity contribution is 0.171. The summed E-state index contributed by atoms with van der Waals surface area (Å²) in [7, 11) is -2.00. The molecule has 0 atom stereocenters. The molecule has 0 aromatic heterocycles. The molecule has 1 N–H and O–H groups in total. The third-order valence-corrected chi connectivity index (χ3v) is 4.65. The van der Waals surface area contributed by atoms with Gasteiger partial charge in [0, 0.05) is 19.6 Å². The Morgan fingerprint density at radius 1 is 1.24 bits per heavy atom. The van der Waals surface area contributed by atoms with Gasteiger partial charge in [0.2, 0.25) is 10.0 Å². The Morgan fingerprint density at radius 2 is 1.82 bits per heavy atom. The summed E-state index contributed by atoms with van der Waals surface area (Å²) in [5.41, 5.74) is 0. The molecule has 1 aliphatic rings. The van der Waals surface area contributed by atoms with Gasteiger partial charge in [-0.2, -0.15) is 0 Å². The van der Waals surface area contributed by atoms with Crippen molar-refractivity contribution in [1.82, 2.24) is 9.62 Å². The molecule has 1 amide bonds. The molecule has 0 saturated carbocycles. The molecule has 0 aromatic carbocycles. The third-order valence-electron chi connectivity index (χ3n) is 2.77. The maximum Gasteiger partial charge on any atom is 0.406 e. The summed E-state index contributed by atoms with van der Waals surface area (Å²) < 4.78 is 29.8. The van der Waals surface area contributed by atoms with Crippen LogP contribution in [0.15, 0.2) is 0 Å². The van der Waals surface area contributed by atoms with Crippen LogP contribution in [-0.2, 0) is 14.8 Å². The van der Waals surface area contributed by atoms with Crippen molar-refractivity contribution in [2.75, 3.05) is 32.5 Å². The minimum Gasteiger partial charge on any atom is -0.453 e. The Balaban J connectivity index is 2.41. The summed E-state index contributed by atoms with van der Waals surface area (Å²) in [5.74, 6) is -0.0674. The van der Waals surface area contributed by atoms with Gasteiger partial charge in [-0.25, -0.2) is 17.5 Å². The predicted molar refractivity (Wildman–Crippen MR) is 64.2 cm³/mol. The summed E-state index contributed by atoms with van der Waals surface area (Å²) >= 11 is 0. The van der Waals surface area contributed by atoms with Gasteiger partial charge < -0.3 is 10.1 Å². The number of nitrogens with one attached hydrogen (secondary N) is 1. The SMILES string of the molecule is COC(=O)NCCS(=O)(=O)N1CCCCCC1. The Morgan fingerprint density at radius 3 is 2.35 bits per heavy atom. The lowest BCUT2D eigenvalue weighted by atomic mass is 10.2. The van der Waals surface area contributed by atoms with Crippen LogP contribution >= 0.6 is 0 Å². The average molecular weight is 264 g/mol. The standard InChI is InChI=1S/C10H20N2O4S/c1-16-10(13)11-6-9-17(14,15)12-7-4-2-3-5-8-12/h2-9H2,1H3,(H,11,13). The maximum atomic E-state index is 11.9. The molecule has 1 aliphatic heterocycles. The number of hydrogen-bond acceptors (Lipinski definition) is 4. The van der Waals surface area contributed by atoms with Crippen molar-refractivity contribution in [2.24, 2.45) is 0 Å². The molecule has 1 fully saturated rings. The number of carbonyl (C=O) groups is 1. The zero-order valence-electron chi connectivity index (χ0n) is 10.1. The Hall–Kier alpha value is -0.820.